The molecule has 0 aliphatic rings. The van der Waals surface area contributed by atoms with Crippen LogP contribution < -0.4 is 14.8 Å². The van der Waals surface area contributed by atoms with Gasteiger partial charge < -0.3 is 19.5 Å². The molecule has 0 atom stereocenters. The molecule has 0 fully saturated rings. The average molecular weight is 406 g/mol. The molecule has 2 aromatic rings. The zero-order valence-corrected chi connectivity index (χ0v) is 15.2. The maximum absolute atomic E-state index is 11.9. The van der Waals surface area contributed by atoms with Gasteiger partial charge in [0.05, 0.1) is 19.8 Å². The summed E-state index contributed by atoms with van der Waals surface area (Å²) in [7, 11) is 3.07. The molecule has 2 rings (SSSR count). The van der Waals surface area contributed by atoms with Gasteiger partial charge in [0, 0.05) is 18.4 Å². The smallest absolute Gasteiger partial charge is 0.422 e. The van der Waals surface area contributed by atoms with Crippen molar-refractivity contribution in [2.45, 2.75) is 11.3 Å². The quantitative estimate of drug-likeness (QED) is 0.514. The van der Waals surface area contributed by atoms with Crippen molar-refractivity contribution in [3.05, 3.63) is 18.2 Å². The van der Waals surface area contributed by atoms with Crippen LogP contribution in [0.15, 0.2) is 23.4 Å². The van der Waals surface area contributed by atoms with Gasteiger partial charge in [0.1, 0.15) is 11.5 Å². The van der Waals surface area contributed by atoms with E-state index in [0.717, 1.165) is 0 Å². The molecular formula is C15H17F3N4O4S. The summed E-state index contributed by atoms with van der Waals surface area (Å²) in [4.78, 5) is 15.4. The van der Waals surface area contributed by atoms with Gasteiger partial charge in [-0.05, 0) is 12.1 Å². The fourth-order valence-electron chi connectivity index (χ4n) is 1.92. The minimum Gasteiger partial charge on any atom is -0.497 e. The second-order valence-corrected chi connectivity index (χ2v) is 6.06. The number of rotatable bonds is 8. The van der Waals surface area contributed by atoms with Crippen LogP contribution in [0.25, 0.3) is 11.4 Å². The Morgan fingerprint density at radius 2 is 2.07 bits per heavy atom. The summed E-state index contributed by atoms with van der Waals surface area (Å²) in [5.74, 6) is 2.01. The number of alkyl carbamates (subject to hydrolysis) is 1. The highest BCUT2D eigenvalue weighted by atomic mass is 32.2. The van der Waals surface area contributed by atoms with Gasteiger partial charge in [0.15, 0.2) is 12.4 Å². The average Bonchev–Trinajstić information content (AvgIpc) is 3.11. The first-order valence-electron chi connectivity index (χ1n) is 7.57. The Kier molecular flexibility index (Phi) is 7.16. The second kappa shape index (κ2) is 9.35. The first kappa shape index (κ1) is 20.7. The van der Waals surface area contributed by atoms with E-state index < -0.39 is 18.9 Å². The van der Waals surface area contributed by atoms with Crippen LogP contribution in [0.3, 0.4) is 0 Å². The number of hydrogen-bond donors (Lipinski definition) is 2. The van der Waals surface area contributed by atoms with E-state index in [2.05, 4.69) is 25.2 Å². The predicted molar refractivity (Wildman–Crippen MR) is 91.1 cm³/mol. The number of halogens is 3. The van der Waals surface area contributed by atoms with Gasteiger partial charge in [-0.2, -0.15) is 13.2 Å². The van der Waals surface area contributed by atoms with Crippen LogP contribution in [0.1, 0.15) is 0 Å². The lowest BCUT2D eigenvalue weighted by atomic mass is 10.2. The van der Waals surface area contributed by atoms with E-state index in [0.29, 0.717) is 33.8 Å². The number of carbonyl (C=O) groups excluding carboxylic acids is 1. The van der Waals surface area contributed by atoms with Crippen LogP contribution in [0.2, 0.25) is 0 Å². The Bertz CT molecular complexity index is 770. The van der Waals surface area contributed by atoms with Crippen molar-refractivity contribution < 1.29 is 32.2 Å². The molecule has 0 aliphatic heterocycles. The molecule has 148 valence electrons. The van der Waals surface area contributed by atoms with Crippen LogP contribution in [-0.2, 0) is 4.74 Å². The number of carbonyl (C=O) groups is 1. The third-order valence-electron chi connectivity index (χ3n) is 3.10. The number of thioether (sulfide) groups is 1. The Labute approximate surface area is 156 Å². The van der Waals surface area contributed by atoms with E-state index in [9.17, 15) is 18.0 Å². The number of amides is 1. The predicted octanol–water partition coefficient (Wildman–Crippen LogP) is 2.87. The van der Waals surface area contributed by atoms with Crippen LogP contribution in [0, 0.1) is 0 Å². The van der Waals surface area contributed by atoms with Crippen LogP contribution >= 0.6 is 11.8 Å². The summed E-state index contributed by atoms with van der Waals surface area (Å²) in [5, 5.41) is 9.45. The molecule has 0 aliphatic carbocycles. The maximum atomic E-state index is 11.9. The minimum atomic E-state index is -4.55. The van der Waals surface area contributed by atoms with Gasteiger partial charge >= 0.3 is 12.3 Å². The molecule has 0 bridgehead atoms. The zero-order valence-electron chi connectivity index (χ0n) is 14.4. The van der Waals surface area contributed by atoms with Gasteiger partial charge in [-0.1, -0.05) is 11.8 Å². The lowest BCUT2D eigenvalue weighted by molar-refractivity contribution is -0.160. The highest BCUT2D eigenvalue weighted by Gasteiger charge is 2.29. The SMILES string of the molecule is COc1ccc(-c2nc(SCCNC(=O)OCC(F)(F)F)n[nH]2)c(OC)c1. The van der Waals surface area contributed by atoms with Crippen LogP contribution in [0.4, 0.5) is 18.0 Å². The van der Waals surface area contributed by atoms with Gasteiger partial charge in [0.2, 0.25) is 5.16 Å². The first-order chi connectivity index (χ1) is 12.8. The molecule has 8 nitrogen and oxygen atoms in total. The molecule has 0 radical (unpaired) electrons. The van der Waals surface area contributed by atoms with Crippen molar-refractivity contribution in [2.75, 3.05) is 33.1 Å². The molecule has 0 saturated carbocycles. The number of benzene rings is 1. The molecule has 1 heterocycles. The number of methoxy groups -OCH3 is 2. The van der Waals surface area contributed by atoms with Gasteiger partial charge in [-0.25, -0.2) is 9.78 Å². The van der Waals surface area contributed by atoms with Gasteiger partial charge in [-0.15, -0.1) is 5.10 Å². The standard InChI is InChI=1S/C15H17F3N4O4S/c1-24-9-3-4-10(11(7-9)25-2)12-20-13(22-21-12)27-6-5-19-14(23)26-8-15(16,17)18/h3-4,7H,5-6,8H2,1-2H3,(H,19,23)(H,20,21,22). The molecule has 1 aromatic heterocycles. The summed E-state index contributed by atoms with van der Waals surface area (Å²) in [6, 6.07) is 5.23. The Hall–Kier alpha value is -2.63. The molecule has 0 unspecified atom stereocenters. The summed E-state index contributed by atoms with van der Waals surface area (Å²) < 4.78 is 50.2. The molecule has 1 aromatic carbocycles. The van der Waals surface area contributed by atoms with E-state index in [-0.39, 0.29) is 6.54 Å². The van der Waals surface area contributed by atoms with Crippen molar-refractivity contribution in [1.82, 2.24) is 20.5 Å². The number of nitrogens with one attached hydrogen (secondary N) is 2. The number of aromatic nitrogens is 3. The van der Waals surface area contributed by atoms with Crippen molar-refractivity contribution in [2.24, 2.45) is 0 Å². The number of hydrogen-bond acceptors (Lipinski definition) is 7. The molecule has 0 saturated heterocycles. The first-order valence-corrected chi connectivity index (χ1v) is 8.56. The van der Waals surface area contributed by atoms with E-state index in [4.69, 9.17) is 9.47 Å². The van der Waals surface area contributed by atoms with Crippen molar-refractivity contribution in [3.63, 3.8) is 0 Å². The van der Waals surface area contributed by atoms with Crippen molar-refractivity contribution in [3.8, 4) is 22.9 Å². The summed E-state index contributed by atoms with van der Waals surface area (Å²) >= 11 is 1.21. The molecule has 12 heteroatoms. The topological polar surface area (TPSA) is 98.4 Å². The molecule has 27 heavy (non-hydrogen) atoms. The number of alkyl halides is 3. The number of H-pyrrole nitrogens is 1. The lowest BCUT2D eigenvalue weighted by Gasteiger charge is -2.08. The third kappa shape index (κ3) is 6.55. The number of aromatic amines is 1. The van der Waals surface area contributed by atoms with Crippen molar-refractivity contribution >= 4 is 17.9 Å². The van der Waals surface area contributed by atoms with Crippen molar-refractivity contribution in [1.29, 1.82) is 0 Å². The van der Waals surface area contributed by atoms with Crippen LogP contribution in [-0.4, -0.2) is 60.6 Å². The molecule has 1 amide bonds. The third-order valence-corrected chi connectivity index (χ3v) is 3.95. The van der Waals surface area contributed by atoms with E-state index in [1.165, 1.54) is 18.9 Å². The normalized spacial score (nSPS) is 11.1. The number of ether oxygens (including phenoxy) is 3. The van der Waals surface area contributed by atoms with Crippen LogP contribution in [0.5, 0.6) is 11.5 Å². The lowest BCUT2D eigenvalue weighted by Crippen LogP contribution is -2.30. The van der Waals surface area contributed by atoms with E-state index in [1.54, 1.807) is 25.3 Å². The largest absolute Gasteiger partial charge is 0.497 e. The Morgan fingerprint density at radius 3 is 2.74 bits per heavy atom. The Morgan fingerprint density at radius 1 is 1.30 bits per heavy atom. The monoisotopic (exact) mass is 406 g/mol. The molecule has 2 N–H and O–H groups in total. The highest BCUT2D eigenvalue weighted by molar-refractivity contribution is 7.99. The van der Waals surface area contributed by atoms with E-state index >= 15 is 0 Å². The minimum absolute atomic E-state index is 0.0943. The summed E-state index contributed by atoms with van der Waals surface area (Å²) in [6.07, 6.45) is -5.68. The van der Waals surface area contributed by atoms with Gasteiger partial charge in [0.25, 0.3) is 0 Å². The number of nitrogens with zero attached hydrogens (tertiary/aromatic N) is 2. The summed E-state index contributed by atoms with van der Waals surface area (Å²) in [6.45, 7) is -1.53. The molecule has 0 spiro atoms. The van der Waals surface area contributed by atoms with E-state index in [1.807, 2.05) is 0 Å². The fourth-order valence-corrected chi connectivity index (χ4v) is 2.57. The zero-order chi connectivity index (χ0) is 19.9. The fraction of sp³-hybridized carbons (Fsp3) is 0.400. The highest BCUT2D eigenvalue weighted by Crippen LogP contribution is 2.31. The summed E-state index contributed by atoms with van der Waals surface area (Å²) in [5.41, 5.74) is 0.687. The Balaban J connectivity index is 1.84. The maximum Gasteiger partial charge on any atom is 0.422 e. The second-order valence-electron chi connectivity index (χ2n) is 5.00. The van der Waals surface area contributed by atoms with Gasteiger partial charge in [-0.3, -0.25) is 5.10 Å². The molecular weight excluding hydrogens is 389 g/mol.